The number of piperidine rings is 1. The van der Waals surface area contributed by atoms with E-state index in [9.17, 15) is 9.59 Å². The first-order valence-corrected chi connectivity index (χ1v) is 14.2. The number of nitrogens with zero attached hydrogens (tertiary/aromatic N) is 7. The predicted octanol–water partition coefficient (Wildman–Crippen LogP) is 2.51. The van der Waals surface area contributed by atoms with Crippen molar-refractivity contribution in [2.24, 2.45) is 11.5 Å². The fourth-order valence-electron chi connectivity index (χ4n) is 4.95. The van der Waals surface area contributed by atoms with Crippen LogP contribution in [0.15, 0.2) is 42.9 Å². The molecule has 1 aromatic carbocycles. The number of rotatable bonds is 7. The number of nitrogens with two attached hydrogens (primary N) is 2. The Morgan fingerprint density at radius 2 is 1.46 bits per heavy atom. The number of hydrogen-bond acceptors (Lipinski definition) is 10. The summed E-state index contributed by atoms with van der Waals surface area (Å²) in [5.41, 5.74) is 13.3. The van der Waals surface area contributed by atoms with Gasteiger partial charge < -0.3 is 31.5 Å². The zero-order chi connectivity index (χ0) is 28.8. The normalized spacial score (nSPS) is 17.4. The van der Waals surface area contributed by atoms with E-state index in [2.05, 4.69) is 47.0 Å². The maximum absolute atomic E-state index is 11.8. The first-order valence-electron chi connectivity index (χ1n) is 14.2. The molecule has 2 aliphatic heterocycles. The second-order valence-corrected chi connectivity index (χ2v) is 10.8. The van der Waals surface area contributed by atoms with Gasteiger partial charge in [0.15, 0.2) is 11.5 Å². The van der Waals surface area contributed by atoms with Crippen LogP contribution in [0.5, 0.6) is 0 Å². The number of hydrogen-bond donors (Lipinski definition) is 3. The standard InChI is InChI=1S/C19H27N9O.C10H11NO/c1-26-7-9-28(10-8-26)19-22-11-14(12-23-19)24-18-16(17(20)29)21-13-15(25-18)27-5-3-2-4-6-27;11-10(12)9-5-3-8(4-6-9)7-1-2-7/h11-13H,2-10H2,1H3,(H2,20,29)(H,24,25);3-7H,1-2H2,(H2,11,12). The van der Waals surface area contributed by atoms with Gasteiger partial charge >= 0.3 is 0 Å². The molecule has 216 valence electrons. The molecule has 12 nitrogen and oxygen atoms in total. The lowest BCUT2D eigenvalue weighted by Gasteiger charge is -2.32. The van der Waals surface area contributed by atoms with Crippen LogP contribution in [0.2, 0.25) is 0 Å². The first-order chi connectivity index (χ1) is 19.9. The molecule has 0 atom stereocenters. The van der Waals surface area contributed by atoms with Gasteiger partial charge in [-0.15, -0.1) is 0 Å². The number of benzene rings is 1. The van der Waals surface area contributed by atoms with E-state index in [0.29, 0.717) is 23.0 Å². The second-order valence-electron chi connectivity index (χ2n) is 10.8. The summed E-state index contributed by atoms with van der Waals surface area (Å²) in [6, 6.07) is 7.60. The van der Waals surface area contributed by atoms with Crippen molar-refractivity contribution in [2.45, 2.75) is 38.0 Å². The number of aromatic nitrogens is 4. The Hall–Kier alpha value is -4.32. The van der Waals surface area contributed by atoms with Crippen LogP contribution in [-0.2, 0) is 0 Å². The van der Waals surface area contributed by atoms with Gasteiger partial charge in [-0.1, -0.05) is 12.1 Å². The molecular formula is C29H38N10O2. The maximum Gasteiger partial charge on any atom is 0.271 e. The van der Waals surface area contributed by atoms with Gasteiger partial charge in [0.05, 0.1) is 24.3 Å². The topological polar surface area (TPSA) is 159 Å². The van der Waals surface area contributed by atoms with Crippen LogP contribution in [0.3, 0.4) is 0 Å². The highest BCUT2D eigenvalue weighted by atomic mass is 16.1. The van der Waals surface area contributed by atoms with E-state index in [4.69, 9.17) is 11.5 Å². The average Bonchev–Trinajstić information content (AvgIpc) is 3.85. The Balaban J connectivity index is 0.000000234. The second kappa shape index (κ2) is 12.9. The first kappa shape index (κ1) is 28.2. The molecule has 1 saturated carbocycles. The summed E-state index contributed by atoms with van der Waals surface area (Å²) in [5, 5.41) is 3.12. The van der Waals surface area contributed by atoms with E-state index in [-0.39, 0.29) is 11.6 Å². The highest BCUT2D eigenvalue weighted by Gasteiger charge is 2.23. The SMILES string of the molecule is CN1CCN(c2ncc(Nc3nc(N4CCCCC4)cnc3C(N)=O)cn2)CC1.NC(=O)c1ccc(C2CC2)cc1. The average molecular weight is 559 g/mol. The van der Waals surface area contributed by atoms with Gasteiger partial charge in [0, 0.05) is 44.8 Å². The van der Waals surface area contributed by atoms with Crippen LogP contribution >= 0.6 is 0 Å². The molecule has 6 rings (SSSR count). The van der Waals surface area contributed by atoms with Gasteiger partial charge in [0.2, 0.25) is 11.9 Å². The molecule has 2 saturated heterocycles. The van der Waals surface area contributed by atoms with E-state index in [1.54, 1.807) is 30.7 Å². The molecule has 3 fully saturated rings. The summed E-state index contributed by atoms with van der Waals surface area (Å²) in [7, 11) is 2.11. The minimum Gasteiger partial charge on any atom is -0.366 e. The van der Waals surface area contributed by atoms with E-state index < -0.39 is 5.91 Å². The van der Waals surface area contributed by atoms with Crippen molar-refractivity contribution in [3.8, 4) is 0 Å². The number of anilines is 4. The van der Waals surface area contributed by atoms with Crippen LogP contribution in [0, 0.1) is 0 Å². The number of carbonyl (C=O) groups is 2. The van der Waals surface area contributed by atoms with E-state index >= 15 is 0 Å². The summed E-state index contributed by atoms with van der Waals surface area (Å²) in [5.74, 6) is 1.54. The van der Waals surface area contributed by atoms with Gasteiger partial charge in [0.25, 0.3) is 5.91 Å². The van der Waals surface area contributed by atoms with Gasteiger partial charge in [-0.2, -0.15) is 0 Å². The number of likely N-dealkylation sites (N-methyl/N-ethyl adjacent to an activating group) is 1. The highest BCUT2D eigenvalue weighted by Crippen LogP contribution is 2.39. The number of nitrogens with one attached hydrogen (secondary N) is 1. The highest BCUT2D eigenvalue weighted by molar-refractivity contribution is 5.96. The minimum absolute atomic E-state index is 0.105. The Bertz CT molecular complexity index is 1330. The molecule has 0 radical (unpaired) electrons. The fourth-order valence-corrected chi connectivity index (χ4v) is 4.95. The van der Waals surface area contributed by atoms with Crippen LogP contribution in [-0.4, -0.2) is 83.0 Å². The number of primary amides is 2. The summed E-state index contributed by atoms with van der Waals surface area (Å²) < 4.78 is 0. The molecular weight excluding hydrogens is 520 g/mol. The van der Waals surface area contributed by atoms with Gasteiger partial charge in [-0.25, -0.2) is 19.9 Å². The van der Waals surface area contributed by atoms with Crippen LogP contribution in [0.25, 0.3) is 0 Å². The molecule has 3 aromatic rings. The summed E-state index contributed by atoms with van der Waals surface area (Å²) >= 11 is 0. The van der Waals surface area contributed by atoms with Crippen molar-refractivity contribution in [3.63, 3.8) is 0 Å². The molecule has 5 N–H and O–H groups in total. The van der Waals surface area contributed by atoms with Crippen LogP contribution < -0.4 is 26.6 Å². The third-order valence-corrected chi connectivity index (χ3v) is 7.60. The Kier molecular flexibility index (Phi) is 8.88. The molecule has 12 heteroatoms. The van der Waals surface area contributed by atoms with E-state index in [1.807, 2.05) is 12.1 Å². The molecule has 1 aliphatic carbocycles. The molecule has 41 heavy (non-hydrogen) atoms. The lowest BCUT2D eigenvalue weighted by atomic mass is 10.1. The minimum atomic E-state index is -0.625. The number of piperazine rings is 1. The molecule has 2 amide bonds. The fraction of sp³-hybridized carbons (Fsp3) is 0.448. The van der Waals surface area contributed by atoms with Crippen molar-refractivity contribution >= 4 is 35.1 Å². The van der Waals surface area contributed by atoms with Crippen molar-refractivity contribution < 1.29 is 9.59 Å². The zero-order valence-electron chi connectivity index (χ0n) is 23.5. The Labute approximate surface area is 240 Å². The van der Waals surface area contributed by atoms with Crippen molar-refractivity contribution in [3.05, 3.63) is 59.7 Å². The van der Waals surface area contributed by atoms with Gasteiger partial charge in [-0.05, 0) is 62.8 Å². The monoisotopic (exact) mass is 558 g/mol. The largest absolute Gasteiger partial charge is 0.366 e. The predicted molar refractivity (Wildman–Crippen MR) is 159 cm³/mol. The van der Waals surface area contributed by atoms with Gasteiger partial charge in [0.1, 0.15) is 5.82 Å². The lowest BCUT2D eigenvalue weighted by molar-refractivity contribution is 0.0989. The van der Waals surface area contributed by atoms with Gasteiger partial charge in [-0.3, -0.25) is 9.59 Å². The Morgan fingerprint density at radius 3 is 2.05 bits per heavy atom. The molecule has 0 bridgehead atoms. The summed E-state index contributed by atoms with van der Waals surface area (Å²) in [6.07, 6.45) is 11.1. The van der Waals surface area contributed by atoms with Crippen LogP contribution in [0.1, 0.15) is 64.4 Å². The van der Waals surface area contributed by atoms with Crippen molar-refractivity contribution in [2.75, 3.05) is 61.4 Å². The molecule has 0 unspecified atom stereocenters. The molecule has 0 spiro atoms. The quantitative estimate of drug-likeness (QED) is 0.393. The molecule has 3 aliphatic rings. The third-order valence-electron chi connectivity index (χ3n) is 7.60. The summed E-state index contributed by atoms with van der Waals surface area (Å²) in [6.45, 7) is 5.66. The number of carbonyl (C=O) groups excluding carboxylic acids is 2. The molecule has 2 aromatic heterocycles. The lowest BCUT2D eigenvalue weighted by Crippen LogP contribution is -2.45. The van der Waals surface area contributed by atoms with Crippen LogP contribution in [0.4, 0.5) is 23.3 Å². The van der Waals surface area contributed by atoms with E-state index in [0.717, 1.165) is 63.8 Å². The smallest absolute Gasteiger partial charge is 0.271 e. The zero-order valence-corrected chi connectivity index (χ0v) is 23.5. The van der Waals surface area contributed by atoms with Crippen molar-refractivity contribution in [1.82, 2.24) is 24.8 Å². The summed E-state index contributed by atoms with van der Waals surface area (Å²) in [4.78, 5) is 47.0. The molecule has 4 heterocycles. The Morgan fingerprint density at radius 1 is 0.805 bits per heavy atom. The van der Waals surface area contributed by atoms with Crippen molar-refractivity contribution in [1.29, 1.82) is 0 Å². The van der Waals surface area contributed by atoms with E-state index in [1.165, 1.54) is 24.8 Å². The number of amides is 2. The third kappa shape index (κ3) is 7.46. The maximum atomic E-state index is 11.8.